The lowest BCUT2D eigenvalue weighted by Gasteiger charge is -2.24. The molecule has 6 heteroatoms. The fraction of sp³-hybridized carbons (Fsp3) is 0.579. The Morgan fingerprint density at radius 2 is 2.00 bits per heavy atom. The third-order valence-electron chi connectivity index (χ3n) is 4.87. The van der Waals surface area contributed by atoms with Gasteiger partial charge in [0.15, 0.2) is 5.96 Å². The van der Waals surface area contributed by atoms with Crippen LogP contribution in [0.1, 0.15) is 44.3 Å². The Labute approximate surface area is 167 Å². The molecule has 0 unspecified atom stereocenters. The van der Waals surface area contributed by atoms with Gasteiger partial charge in [-0.3, -0.25) is 4.99 Å². The first-order chi connectivity index (χ1) is 11.8. The molecule has 1 fully saturated rings. The topological polar surface area (TPSA) is 54.2 Å². The van der Waals surface area contributed by atoms with E-state index in [1.807, 2.05) is 13.1 Å². The summed E-state index contributed by atoms with van der Waals surface area (Å²) in [5.74, 6) is 2.02. The molecule has 0 atom stereocenters. The van der Waals surface area contributed by atoms with Crippen LogP contribution in [0.5, 0.6) is 0 Å². The lowest BCUT2D eigenvalue weighted by molar-refractivity contribution is 0.410. The molecule has 0 radical (unpaired) electrons. The zero-order valence-corrected chi connectivity index (χ0v) is 17.6. The minimum Gasteiger partial charge on any atom is -0.356 e. The van der Waals surface area contributed by atoms with Crippen LogP contribution in [0, 0.1) is 6.92 Å². The SMILES string of the molecule is CN=C(NCCCn1c(C)nc2ccccc21)NC1CCCCC1.I. The molecule has 1 aliphatic rings. The standard InChI is InChI=1S/C19H29N5.HI/c1-15-22-17-11-6-7-12-18(17)24(15)14-8-13-21-19(20-2)23-16-9-4-3-5-10-16;/h6-7,11-12,16H,3-5,8-10,13-14H2,1-2H3,(H2,20,21,23);1H. The van der Waals surface area contributed by atoms with Crippen molar-refractivity contribution in [2.75, 3.05) is 13.6 Å². The zero-order chi connectivity index (χ0) is 16.8. The molecule has 0 amide bonds. The Kier molecular flexibility index (Phi) is 7.99. The predicted molar refractivity (Wildman–Crippen MR) is 116 cm³/mol. The molecule has 0 bridgehead atoms. The number of imidazole rings is 1. The average Bonchev–Trinajstić information content (AvgIpc) is 2.94. The van der Waals surface area contributed by atoms with Gasteiger partial charge in [-0.2, -0.15) is 0 Å². The van der Waals surface area contributed by atoms with E-state index < -0.39 is 0 Å². The van der Waals surface area contributed by atoms with E-state index in [2.05, 4.69) is 50.3 Å². The number of halogens is 1. The fourth-order valence-corrected chi connectivity index (χ4v) is 3.56. The summed E-state index contributed by atoms with van der Waals surface area (Å²) in [5.41, 5.74) is 2.30. The van der Waals surface area contributed by atoms with E-state index in [0.29, 0.717) is 6.04 Å². The van der Waals surface area contributed by atoms with Crippen LogP contribution in [0.3, 0.4) is 0 Å². The highest BCUT2D eigenvalue weighted by atomic mass is 127. The van der Waals surface area contributed by atoms with Gasteiger partial charge in [-0.1, -0.05) is 31.4 Å². The van der Waals surface area contributed by atoms with E-state index in [1.54, 1.807) is 0 Å². The number of para-hydroxylation sites is 2. The smallest absolute Gasteiger partial charge is 0.191 e. The summed E-state index contributed by atoms with van der Waals surface area (Å²) >= 11 is 0. The number of fused-ring (bicyclic) bond motifs is 1. The third kappa shape index (κ3) is 5.33. The lowest BCUT2D eigenvalue weighted by atomic mass is 9.96. The maximum Gasteiger partial charge on any atom is 0.191 e. The number of aryl methyl sites for hydroxylation is 2. The highest BCUT2D eigenvalue weighted by Crippen LogP contribution is 2.17. The number of nitrogens with one attached hydrogen (secondary N) is 2. The van der Waals surface area contributed by atoms with Crippen molar-refractivity contribution in [2.45, 2.75) is 58.0 Å². The van der Waals surface area contributed by atoms with Gasteiger partial charge in [0.25, 0.3) is 0 Å². The fourth-order valence-electron chi connectivity index (χ4n) is 3.56. The van der Waals surface area contributed by atoms with Crippen LogP contribution in [-0.2, 0) is 6.54 Å². The Morgan fingerprint density at radius 3 is 2.76 bits per heavy atom. The number of nitrogens with zero attached hydrogens (tertiary/aromatic N) is 3. The maximum absolute atomic E-state index is 4.63. The second-order valence-corrected chi connectivity index (χ2v) is 6.63. The molecule has 0 saturated heterocycles. The van der Waals surface area contributed by atoms with E-state index >= 15 is 0 Å². The van der Waals surface area contributed by atoms with Gasteiger partial charge in [0.05, 0.1) is 11.0 Å². The molecule has 25 heavy (non-hydrogen) atoms. The van der Waals surface area contributed by atoms with E-state index in [-0.39, 0.29) is 24.0 Å². The predicted octanol–water partition coefficient (Wildman–Crippen LogP) is 3.85. The van der Waals surface area contributed by atoms with Crippen LogP contribution in [-0.4, -0.2) is 35.1 Å². The molecule has 0 spiro atoms. The van der Waals surface area contributed by atoms with Crippen molar-refractivity contribution in [1.82, 2.24) is 20.2 Å². The van der Waals surface area contributed by atoms with Crippen molar-refractivity contribution in [2.24, 2.45) is 4.99 Å². The Balaban J connectivity index is 0.00000225. The first-order valence-corrected chi connectivity index (χ1v) is 9.17. The van der Waals surface area contributed by atoms with Crippen LogP contribution in [0.2, 0.25) is 0 Å². The summed E-state index contributed by atoms with van der Waals surface area (Å²) in [6.07, 6.45) is 7.63. The van der Waals surface area contributed by atoms with Crippen LogP contribution in [0.4, 0.5) is 0 Å². The first-order valence-electron chi connectivity index (χ1n) is 9.17. The summed E-state index contributed by atoms with van der Waals surface area (Å²) in [6.45, 7) is 3.97. The first kappa shape index (κ1) is 20.0. The van der Waals surface area contributed by atoms with Gasteiger partial charge >= 0.3 is 0 Å². The molecule has 2 aromatic rings. The van der Waals surface area contributed by atoms with Crippen molar-refractivity contribution in [3.05, 3.63) is 30.1 Å². The van der Waals surface area contributed by atoms with Gasteiger partial charge in [-0.15, -0.1) is 24.0 Å². The molecule has 1 aromatic carbocycles. The molecule has 1 aromatic heterocycles. The molecule has 5 nitrogen and oxygen atoms in total. The second kappa shape index (κ2) is 9.99. The van der Waals surface area contributed by atoms with Gasteiger partial charge in [0, 0.05) is 26.2 Å². The van der Waals surface area contributed by atoms with E-state index in [1.165, 1.54) is 37.6 Å². The van der Waals surface area contributed by atoms with Gasteiger partial charge < -0.3 is 15.2 Å². The number of benzene rings is 1. The van der Waals surface area contributed by atoms with Crippen molar-refractivity contribution < 1.29 is 0 Å². The molecule has 3 rings (SSSR count). The number of hydrogen-bond donors (Lipinski definition) is 2. The van der Waals surface area contributed by atoms with Crippen molar-refractivity contribution in [3.63, 3.8) is 0 Å². The average molecular weight is 455 g/mol. The molecule has 1 saturated carbocycles. The Hall–Kier alpha value is -1.31. The van der Waals surface area contributed by atoms with Crippen LogP contribution in [0.25, 0.3) is 11.0 Å². The van der Waals surface area contributed by atoms with Gasteiger partial charge in [-0.05, 0) is 38.3 Å². The van der Waals surface area contributed by atoms with Crippen LogP contribution >= 0.6 is 24.0 Å². The van der Waals surface area contributed by atoms with E-state index in [0.717, 1.165) is 36.8 Å². The van der Waals surface area contributed by atoms with Gasteiger partial charge in [-0.25, -0.2) is 4.98 Å². The van der Waals surface area contributed by atoms with Crippen molar-refractivity contribution in [3.8, 4) is 0 Å². The number of aliphatic imine (C=N–C) groups is 1. The lowest BCUT2D eigenvalue weighted by Crippen LogP contribution is -2.44. The maximum atomic E-state index is 4.63. The highest BCUT2D eigenvalue weighted by Gasteiger charge is 2.14. The minimum absolute atomic E-state index is 0. The second-order valence-electron chi connectivity index (χ2n) is 6.63. The van der Waals surface area contributed by atoms with Gasteiger partial charge in [0.1, 0.15) is 5.82 Å². The monoisotopic (exact) mass is 455 g/mol. The zero-order valence-electron chi connectivity index (χ0n) is 15.3. The summed E-state index contributed by atoms with van der Waals surface area (Å²) in [7, 11) is 1.85. The largest absolute Gasteiger partial charge is 0.356 e. The summed E-state index contributed by atoms with van der Waals surface area (Å²) < 4.78 is 2.30. The number of hydrogen-bond acceptors (Lipinski definition) is 2. The molecule has 0 aliphatic heterocycles. The number of rotatable bonds is 5. The quantitative estimate of drug-likeness (QED) is 0.312. The third-order valence-corrected chi connectivity index (χ3v) is 4.87. The Bertz CT molecular complexity index is 688. The molecular weight excluding hydrogens is 425 g/mol. The molecular formula is C19H30IN5. The van der Waals surface area contributed by atoms with Crippen LogP contribution in [0.15, 0.2) is 29.3 Å². The van der Waals surface area contributed by atoms with Gasteiger partial charge in [0.2, 0.25) is 0 Å². The van der Waals surface area contributed by atoms with Crippen LogP contribution < -0.4 is 10.6 Å². The summed E-state index contributed by atoms with van der Waals surface area (Å²) in [5, 5.41) is 7.01. The Morgan fingerprint density at radius 1 is 1.24 bits per heavy atom. The molecule has 1 heterocycles. The van der Waals surface area contributed by atoms with Crippen molar-refractivity contribution in [1.29, 1.82) is 0 Å². The highest BCUT2D eigenvalue weighted by molar-refractivity contribution is 14.0. The van der Waals surface area contributed by atoms with E-state index in [9.17, 15) is 0 Å². The molecule has 2 N–H and O–H groups in total. The summed E-state index contributed by atoms with van der Waals surface area (Å²) in [6, 6.07) is 8.93. The number of aromatic nitrogens is 2. The molecule has 138 valence electrons. The molecule has 1 aliphatic carbocycles. The number of guanidine groups is 1. The normalized spacial score (nSPS) is 15.8. The van der Waals surface area contributed by atoms with Crippen molar-refractivity contribution >= 4 is 41.0 Å². The summed E-state index contributed by atoms with van der Waals surface area (Å²) in [4.78, 5) is 8.99. The van der Waals surface area contributed by atoms with E-state index in [4.69, 9.17) is 0 Å². The minimum atomic E-state index is 0.